The summed E-state index contributed by atoms with van der Waals surface area (Å²) in [5.74, 6) is 0.983. The molecule has 6 nitrogen and oxygen atoms in total. The summed E-state index contributed by atoms with van der Waals surface area (Å²) >= 11 is 1.49. The molecule has 0 spiro atoms. The van der Waals surface area contributed by atoms with Crippen molar-refractivity contribution in [3.8, 4) is 5.75 Å². The largest absolute Gasteiger partial charge is 0.497 e. The van der Waals surface area contributed by atoms with Crippen molar-refractivity contribution in [1.82, 2.24) is 4.98 Å². The molecule has 0 fully saturated rings. The Kier molecular flexibility index (Phi) is 5.95. The molecule has 158 valence electrons. The number of hydrogen-bond acceptors (Lipinski definition) is 5. The molecular formula is C24H23N3O3S. The summed E-state index contributed by atoms with van der Waals surface area (Å²) in [4.78, 5) is 31.6. The number of benzene rings is 2. The number of anilines is 2. The third-order valence-corrected chi connectivity index (χ3v) is 6.04. The van der Waals surface area contributed by atoms with Gasteiger partial charge >= 0.3 is 0 Å². The Morgan fingerprint density at radius 3 is 2.52 bits per heavy atom. The first-order chi connectivity index (χ1) is 14.9. The van der Waals surface area contributed by atoms with Gasteiger partial charge in [0.05, 0.1) is 25.1 Å². The van der Waals surface area contributed by atoms with Crippen LogP contribution in [-0.2, 0) is 11.3 Å². The SMILES string of the molecule is COc1ccc(NC(=O)c2ccc(CN3C(=O)CSc4nc(C)cc(C)c43)cc2)cc1. The van der Waals surface area contributed by atoms with Crippen molar-refractivity contribution >= 4 is 35.0 Å². The number of nitrogens with zero attached hydrogens (tertiary/aromatic N) is 2. The third kappa shape index (κ3) is 4.56. The highest BCUT2D eigenvalue weighted by atomic mass is 32.2. The van der Waals surface area contributed by atoms with Crippen LogP contribution in [0, 0.1) is 13.8 Å². The molecule has 0 atom stereocenters. The highest BCUT2D eigenvalue weighted by Gasteiger charge is 2.27. The molecule has 0 saturated carbocycles. The Balaban J connectivity index is 1.49. The van der Waals surface area contributed by atoms with Crippen molar-refractivity contribution in [1.29, 1.82) is 0 Å². The molecule has 0 radical (unpaired) electrons. The second-order valence-electron chi connectivity index (χ2n) is 7.38. The third-order valence-electron chi connectivity index (χ3n) is 5.09. The van der Waals surface area contributed by atoms with Crippen LogP contribution in [0.5, 0.6) is 5.75 Å². The maximum atomic E-state index is 12.6. The standard InChI is InChI=1S/C24H23N3O3S/c1-15-12-16(2)25-24-22(15)27(21(28)14-31-24)13-17-4-6-18(7-5-17)23(29)26-19-8-10-20(30-3)11-9-19/h4-12H,13-14H2,1-3H3,(H,26,29). The Hall–Kier alpha value is -3.32. The number of pyridine rings is 1. The predicted molar refractivity (Wildman–Crippen MR) is 123 cm³/mol. The first-order valence-corrected chi connectivity index (χ1v) is 10.9. The average molecular weight is 434 g/mol. The van der Waals surface area contributed by atoms with E-state index >= 15 is 0 Å². The van der Waals surface area contributed by atoms with E-state index in [9.17, 15) is 9.59 Å². The van der Waals surface area contributed by atoms with Gasteiger partial charge in [-0.15, -0.1) is 0 Å². The summed E-state index contributed by atoms with van der Waals surface area (Å²) in [7, 11) is 1.60. The summed E-state index contributed by atoms with van der Waals surface area (Å²) in [5.41, 5.74) is 5.07. The molecule has 1 aliphatic rings. The minimum absolute atomic E-state index is 0.0626. The van der Waals surface area contributed by atoms with Gasteiger partial charge in [0.2, 0.25) is 5.91 Å². The molecule has 2 heterocycles. The maximum absolute atomic E-state index is 12.6. The number of ether oxygens (including phenoxy) is 1. The van der Waals surface area contributed by atoms with E-state index in [0.29, 0.717) is 23.5 Å². The topological polar surface area (TPSA) is 71.5 Å². The predicted octanol–water partition coefficient (Wildman–Crippen LogP) is 4.60. The summed E-state index contributed by atoms with van der Waals surface area (Å²) in [6, 6.07) is 16.5. The molecule has 4 rings (SSSR count). The molecule has 7 heteroatoms. The molecule has 0 bridgehead atoms. The minimum Gasteiger partial charge on any atom is -0.497 e. The Morgan fingerprint density at radius 2 is 1.84 bits per heavy atom. The van der Waals surface area contributed by atoms with Gasteiger partial charge in [-0.1, -0.05) is 23.9 Å². The van der Waals surface area contributed by atoms with Crippen LogP contribution in [-0.4, -0.2) is 29.7 Å². The summed E-state index contributed by atoms with van der Waals surface area (Å²) in [5, 5.41) is 3.77. The summed E-state index contributed by atoms with van der Waals surface area (Å²) in [6.07, 6.45) is 0. The maximum Gasteiger partial charge on any atom is 0.255 e. The molecule has 1 N–H and O–H groups in total. The number of carbonyl (C=O) groups excluding carboxylic acids is 2. The average Bonchev–Trinajstić information content (AvgIpc) is 2.76. The zero-order valence-electron chi connectivity index (χ0n) is 17.6. The molecule has 0 aliphatic carbocycles. The number of hydrogen-bond donors (Lipinski definition) is 1. The number of carbonyl (C=O) groups is 2. The van der Waals surface area contributed by atoms with Crippen LogP contribution in [0.1, 0.15) is 27.2 Å². The molecule has 0 saturated heterocycles. The minimum atomic E-state index is -0.192. The van der Waals surface area contributed by atoms with Gasteiger partial charge < -0.3 is 15.0 Å². The second-order valence-corrected chi connectivity index (χ2v) is 8.35. The Bertz CT molecular complexity index is 1130. The van der Waals surface area contributed by atoms with Gasteiger partial charge in [-0.25, -0.2) is 4.98 Å². The number of aromatic nitrogens is 1. The number of thioether (sulfide) groups is 1. The van der Waals surface area contributed by atoms with E-state index in [1.807, 2.05) is 32.0 Å². The van der Waals surface area contributed by atoms with Gasteiger partial charge in [-0.2, -0.15) is 0 Å². The molecule has 2 amide bonds. The number of nitrogens with one attached hydrogen (secondary N) is 1. The highest BCUT2D eigenvalue weighted by Crippen LogP contribution is 2.37. The number of rotatable bonds is 5. The van der Waals surface area contributed by atoms with E-state index in [-0.39, 0.29) is 11.8 Å². The number of fused-ring (bicyclic) bond motifs is 1. The van der Waals surface area contributed by atoms with Crippen molar-refractivity contribution < 1.29 is 14.3 Å². The second kappa shape index (κ2) is 8.81. The van der Waals surface area contributed by atoms with E-state index in [1.54, 1.807) is 48.4 Å². The lowest BCUT2D eigenvalue weighted by Gasteiger charge is -2.30. The zero-order chi connectivity index (χ0) is 22.0. The van der Waals surface area contributed by atoms with Crippen molar-refractivity contribution in [2.75, 3.05) is 23.1 Å². The van der Waals surface area contributed by atoms with Gasteiger partial charge in [0.15, 0.2) is 0 Å². The fourth-order valence-corrected chi connectivity index (χ4v) is 4.58. The van der Waals surface area contributed by atoms with Crippen molar-refractivity contribution in [2.24, 2.45) is 0 Å². The normalized spacial score (nSPS) is 13.0. The molecule has 1 aliphatic heterocycles. The zero-order valence-corrected chi connectivity index (χ0v) is 18.5. The highest BCUT2D eigenvalue weighted by molar-refractivity contribution is 8.00. The van der Waals surface area contributed by atoms with E-state index in [4.69, 9.17) is 4.74 Å². The number of amides is 2. The number of aryl methyl sites for hydroxylation is 2. The monoisotopic (exact) mass is 433 g/mol. The van der Waals surface area contributed by atoms with Crippen LogP contribution in [0.15, 0.2) is 59.6 Å². The van der Waals surface area contributed by atoms with Crippen molar-refractivity contribution in [3.63, 3.8) is 0 Å². The lowest BCUT2D eigenvalue weighted by molar-refractivity contribution is -0.116. The van der Waals surface area contributed by atoms with Crippen molar-refractivity contribution in [2.45, 2.75) is 25.4 Å². The van der Waals surface area contributed by atoms with Gasteiger partial charge in [0.25, 0.3) is 5.91 Å². The molecular weight excluding hydrogens is 410 g/mol. The van der Waals surface area contributed by atoms with Gasteiger partial charge in [0, 0.05) is 16.9 Å². The molecule has 0 unspecified atom stereocenters. The van der Waals surface area contributed by atoms with Gasteiger partial charge in [0.1, 0.15) is 10.8 Å². The fourth-order valence-electron chi connectivity index (χ4n) is 3.55. The van der Waals surface area contributed by atoms with E-state index in [1.165, 1.54) is 11.8 Å². The van der Waals surface area contributed by atoms with E-state index in [2.05, 4.69) is 10.3 Å². The molecule has 31 heavy (non-hydrogen) atoms. The van der Waals surface area contributed by atoms with Crippen LogP contribution in [0.3, 0.4) is 0 Å². The Morgan fingerprint density at radius 1 is 1.13 bits per heavy atom. The Labute approximate surface area is 185 Å². The van der Waals surface area contributed by atoms with E-state index < -0.39 is 0 Å². The van der Waals surface area contributed by atoms with Crippen LogP contribution in [0.4, 0.5) is 11.4 Å². The lowest BCUT2D eigenvalue weighted by atomic mass is 10.1. The summed E-state index contributed by atoms with van der Waals surface area (Å²) in [6.45, 7) is 4.41. The van der Waals surface area contributed by atoms with E-state index in [0.717, 1.165) is 33.3 Å². The smallest absolute Gasteiger partial charge is 0.255 e. The van der Waals surface area contributed by atoms with Gasteiger partial charge in [-0.05, 0) is 67.4 Å². The van der Waals surface area contributed by atoms with Crippen molar-refractivity contribution in [3.05, 3.63) is 77.0 Å². The van der Waals surface area contributed by atoms with Crippen LogP contribution >= 0.6 is 11.8 Å². The lowest BCUT2D eigenvalue weighted by Crippen LogP contribution is -2.35. The van der Waals surface area contributed by atoms with Crippen LogP contribution < -0.4 is 15.0 Å². The van der Waals surface area contributed by atoms with Gasteiger partial charge in [-0.3, -0.25) is 9.59 Å². The first kappa shape index (κ1) is 20.9. The first-order valence-electron chi connectivity index (χ1n) is 9.90. The quantitative estimate of drug-likeness (QED) is 0.637. The van der Waals surface area contributed by atoms with Crippen LogP contribution in [0.2, 0.25) is 0 Å². The molecule has 1 aromatic heterocycles. The summed E-state index contributed by atoms with van der Waals surface area (Å²) < 4.78 is 5.13. The molecule has 2 aromatic carbocycles. The van der Waals surface area contributed by atoms with Crippen LogP contribution in [0.25, 0.3) is 0 Å². The fraction of sp³-hybridized carbons (Fsp3) is 0.208. The number of methoxy groups -OCH3 is 1. The molecule has 3 aromatic rings.